The monoisotopic (exact) mass is 278 g/mol. The smallest absolute Gasteiger partial charge is 0.194 e. The van der Waals surface area contributed by atoms with E-state index in [1.165, 1.54) is 6.08 Å². The highest BCUT2D eigenvalue weighted by atomic mass is 19.2. The molecule has 2 aromatic rings. The minimum absolute atomic E-state index is 0.260. The predicted octanol–water partition coefficient (Wildman–Crippen LogP) is 4.67. The van der Waals surface area contributed by atoms with Gasteiger partial charge in [-0.3, -0.25) is 0 Å². The summed E-state index contributed by atoms with van der Waals surface area (Å²) >= 11 is 0. The first kappa shape index (κ1) is 14.2. The third-order valence-corrected chi connectivity index (χ3v) is 2.67. The standard InChI is InChI=1S/C16H13F3O/c1-2-20-13-7-5-11(6-8-13)3-4-12-9-14(17)16(19)15(18)10-12/h3-10H,2H2,1H3/b4-3+. The first-order valence-corrected chi connectivity index (χ1v) is 6.15. The minimum atomic E-state index is -1.46. The minimum Gasteiger partial charge on any atom is -0.494 e. The SMILES string of the molecule is CCOc1ccc(/C=C/c2cc(F)c(F)c(F)c2)cc1. The molecule has 0 spiro atoms. The van der Waals surface area contributed by atoms with E-state index < -0.39 is 17.5 Å². The molecule has 1 nitrogen and oxygen atoms in total. The molecule has 0 unspecified atom stereocenters. The molecule has 0 amide bonds. The van der Waals surface area contributed by atoms with Gasteiger partial charge in [0, 0.05) is 0 Å². The van der Waals surface area contributed by atoms with Crippen LogP contribution in [-0.2, 0) is 0 Å². The summed E-state index contributed by atoms with van der Waals surface area (Å²) in [5, 5.41) is 0. The fourth-order valence-corrected chi connectivity index (χ4v) is 1.71. The Labute approximate surface area is 115 Å². The van der Waals surface area contributed by atoms with Gasteiger partial charge >= 0.3 is 0 Å². The fraction of sp³-hybridized carbons (Fsp3) is 0.125. The molecule has 20 heavy (non-hydrogen) atoms. The maximum absolute atomic E-state index is 13.0. The van der Waals surface area contributed by atoms with E-state index in [0.29, 0.717) is 6.61 Å². The van der Waals surface area contributed by atoms with Crippen molar-refractivity contribution >= 4 is 12.2 Å². The zero-order valence-corrected chi connectivity index (χ0v) is 10.9. The highest BCUT2D eigenvalue weighted by Gasteiger charge is 2.08. The van der Waals surface area contributed by atoms with E-state index in [9.17, 15) is 13.2 Å². The van der Waals surface area contributed by atoms with Crippen molar-refractivity contribution in [3.63, 3.8) is 0 Å². The normalized spacial score (nSPS) is 11.0. The van der Waals surface area contributed by atoms with E-state index in [2.05, 4.69) is 0 Å². The summed E-state index contributed by atoms with van der Waals surface area (Å²) < 4.78 is 44.2. The maximum Gasteiger partial charge on any atom is 0.194 e. The Morgan fingerprint density at radius 3 is 2.00 bits per heavy atom. The van der Waals surface area contributed by atoms with Gasteiger partial charge in [0.1, 0.15) is 5.75 Å². The van der Waals surface area contributed by atoms with Crippen LogP contribution in [0.4, 0.5) is 13.2 Å². The molecule has 0 aliphatic rings. The highest BCUT2D eigenvalue weighted by molar-refractivity contribution is 5.69. The Balaban J connectivity index is 2.16. The van der Waals surface area contributed by atoms with E-state index in [4.69, 9.17) is 4.74 Å². The largest absolute Gasteiger partial charge is 0.494 e. The maximum atomic E-state index is 13.0. The second-order valence-electron chi connectivity index (χ2n) is 4.13. The Kier molecular flexibility index (Phi) is 4.45. The summed E-state index contributed by atoms with van der Waals surface area (Å²) in [4.78, 5) is 0. The lowest BCUT2D eigenvalue weighted by Gasteiger charge is -2.02. The summed E-state index contributed by atoms with van der Waals surface area (Å²) in [5.74, 6) is -3.10. The van der Waals surface area contributed by atoms with E-state index in [1.807, 2.05) is 19.1 Å². The summed E-state index contributed by atoms with van der Waals surface area (Å²) in [7, 11) is 0. The molecule has 0 saturated carbocycles. The summed E-state index contributed by atoms with van der Waals surface area (Å²) in [6.07, 6.45) is 3.20. The number of benzene rings is 2. The number of halogens is 3. The lowest BCUT2D eigenvalue weighted by molar-refractivity contribution is 0.340. The quantitative estimate of drug-likeness (QED) is 0.583. The van der Waals surface area contributed by atoms with Crippen molar-refractivity contribution in [1.82, 2.24) is 0 Å². The lowest BCUT2D eigenvalue weighted by Crippen LogP contribution is -1.91. The molecule has 0 atom stereocenters. The van der Waals surface area contributed by atoms with Crippen molar-refractivity contribution in [2.45, 2.75) is 6.92 Å². The zero-order chi connectivity index (χ0) is 14.5. The van der Waals surface area contributed by atoms with Crippen molar-refractivity contribution in [3.8, 4) is 5.75 Å². The van der Waals surface area contributed by atoms with Crippen LogP contribution in [0.2, 0.25) is 0 Å². The van der Waals surface area contributed by atoms with Crippen LogP contribution >= 0.6 is 0 Å². The molecule has 0 N–H and O–H groups in total. The van der Waals surface area contributed by atoms with Crippen LogP contribution in [-0.4, -0.2) is 6.61 Å². The second-order valence-corrected chi connectivity index (χ2v) is 4.13. The van der Waals surface area contributed by atoms with E-state index >= 15 is 0 Å². The second kappa shape index (κ2) is 6.28. The van der Waals surface area contributed by atoms with Gasteiger partial charge < -0.3 is 4.74 Å². The van der Waals surface area contributed by atoms with E-state index in [0.717, 1.165) is 23.4 Å². The van der Waals surface area contributed by atoms with Crippen LogP contribution in [0.15, 0.2) is 36.4 Å². The van der Waals surface area contributed by atoms with Gasteiger partial charge in [-0.15, -0.1) is 0 Å². The summed E-state index contributed by atoms with van der Waals surface area (Å²) in [5.41, 5.74) is 1.11. The van der Waals surface area contributed by atoms with Gasteiger partial charge in [0.05, 0.1) is 6.61 Å². The Morgan fingerprint density at radius 1 is 0.900 bits per heavy atom. The number of rotatable bonds is 4. The van der Waals surface area contributed by atoms with Crippen molar-refractivity contribution in [1.29, 1.82) is 0 Å². The van der Waals surface area contributed by atoms with Gasteiger partial charge in [-0.05, 0) is 42.3 Å². The molecule has 104 valence electrons. The van der Waals surface area contributed by atoms with Crippen molar-refractivity contribution in [3.05, 3.63) is 65.0 Å². The van der Waals surface area contributed by atoms with Crippen LogP contribution in [0, 0.1) is 17.5 Å². The first-order chi connectivity index (χ1) is 9.60. The lowest BCUT2D eigenvalue weighted by atomic mass is 10.1. The average molecular weight is 278 g/mol. The molecule has 4 heteroatoms. The summed E-state index contributed by atoms with van der Waals surface area (Å²) in [6.45, 7) is 2.48. The van der Waals surface area contributed by atoms with Gasteiger partial charge in [0.15, 0.2) is 17.5 Å². The Morgan fingerprint density at radius 2 is 1.45 bits per heavy atom. The van der Waals surface area contributed by atoms with Crippen LogP contribution in [0.3, 0.4) is 0 Å². The van der Waals surface area contributed by atoms with Crippen LogP contribution in [0.25, 0.3) is 12.2 Å². The van der Waals surface area contributed by atoms with Crippen LogP contribution < -0.4 is 4.74 Å². The molecular formula is C16H13F3O. The Hall–Kier alpha value is -2.23. The average Bonchev–Trinajstić information content (AvgIpc) is 2.44. The number of hydrogen-bond donors (Lipinski definition) is 0. The zero-order valence-electron chi connectivity index (χ0n) is 10.9. The van der Waals surface area contributed by atoms with Gasteiger partial charge in [-0.2, -0.15) is 0 Å². The van der Waals surface area contributed by atoms with Gasteiger partial charge in [-0.1, -0.05) is 24.3 Å². The third kappa shape index (κ3) is 3.41. The molecular weight excluding hydrogens is 265 g/mol. The topological polar surface area (TPSA) is 9.23 Å². The fourth-order valence-electron chi connectivity index (χ4n) is 1.71. The van der Waals surface area contributed by atoms with Crippen molar-refractivity contribution in [2.24, 2.45) is 0 Å². The van der Waals surface area contributed by atoms with E-state index in [-0.39, 0.29) is 5.56 Å². The molecule has 0 saturated heterocycles. The molecule has 2 aromatic carbocycles. The number of ether oxygens (including phenoxy) is 1. The van der Waals surface area contributed by atoms with Gasteiger partial charge in [-0.25, -0.2) is 13.2 Å². The number of hydrogen-bond acceptors (Lipinski definition) is 1. The molecule has 0 aliphatic carbocycles. The molecule has 2 rings (SSSR count). The van der Waals surface area contributed by atoms with Gasteiger partial charge in [0.2, 0.25) is 0 Å². The molecule has 0 radical (unpaired) electrons. The van der Waals surface area contributed by atoms with Gasteiger partial charge in [0.25, 0.3) is 0 Å². The summed E-state index contributed by atoms with van der Waals surface area (Å²) in [6, 6.07) is 9.13. The van der Waals surface area contributed by atoms with Crippen LogP contribution in [0.5, 0.6) is 5.75 Å². The van der Waals surface area contributed by atoms with E-state index in [1.54, 1.807) is 18.2 Å². The van der Waals surface area contributed by atoms with Crippen molar-refractivity contribution in [2.75, 3.05) is 6.61 Å². The predicted molar refractivity (Wildman–Crippen MR) is 72.9 cm³/mol. The molecule has 0 fully saturated rings. The third-order valence-electron chi connectivity index (χ3n) is 2.67. The highest BCUT2D eigenvalue weighted by Crippen LogP contribution is 2.17. The molecule has 0 bridgehead atoms. The van der Waals surface area contributed by atoms with Crippen molar-refractivity contribution < 1.29 is 17.9 Å². The first-order valence-electron chi connectivity index (χ1n) is 6.15. The molecule has 0 aromatic heterocycles. The Bertz CT molecular complexity index is 595. The molecule has 0 heterocycles. The molecule has 0 aliphatic heterocycles. The van der Waals surface area contributed by atoms with Crippen LogP contribution in [0.1, 0.15) is 18.1 Å².